The Balaban J connectivity index is 2.54. The third-order valence-electron chi connectivity index (χ3n) is 3.44. The lowest BCUT2D eigenvalue weighted by atomic mass is 9.91. The Kier molecular flexibility index (Phi) is 4.91. The Morgan fingerprint density at radius 3 is 2.88 bits per heavy atom. The Labute approximate surface area is 103 Å². The minimum Gasteiger partial charge on any atom is -0.467 e. The van der Waals surface area contributed by atoms with E-state index in [0.29, 0.717) is 12.5 Å². The van der Waals surface area contributed by atoms with E-state index in [4.69, 9.17) is 5.73 Å². The van der Waals surface area contributed by atoms with Crippen LogP contribution in [0, 0.1) is 5.92 Å². The van der Waals surface area contributed by atoms with Crippen molar-refractivity contribution in [2.75, 3.05) is 26.7 Å². The smallest absolute Gasteiger partial charge is 0.338 e. The van der Waals surface area contributed by atoms with E-state index in [1.807, 2.05) is 6.92 Å². The van der Waals surface area contributed by atoms with Gasteiger partial charge in [0.15, 0.2) is 5.60 Å². The molecule has 0 amide bonds. The van der Waals surface area contributed by atoms with E-state index in [9.17, 15) is 9.90 Å². The fraction of sp³-hybridized carbons (Fsp3) is 0.917. The molecule has 100 valence electrons. The van der Waals surface area contributed by atoms with Gasteiger partial charge >= 0.3 is 5.97 Å². The molecular weight excluding hydrogens is 220 g/mol. The molecule has 0 aromatic rings. The number of hydrogen-bond acceptors (Lipinski definition) is 5. The van der Waals surface area contributed by atoms with E-state index in [0.717, 1.165) is 25.9 Å². The molecule has 5 heteroatoms. The van der Waals surface area contributed by atoms with Gasteiger partial charge < -0.3 is 15.6 Å². The van der Waals surface area contributed by atoms with Gasteiger partial charge in [-0.1, -0.05) is 0 Å². The summed E-state index contributed by atoms with van der Waals surface area (Å²) in [4.78, 5) is 13.5. The van der Waals surface area contributed by atoms with Crippen molar-refractivity contribution in [3.8, 4) is 0 Å². The maximum atomic E-state index is 11.4. The predicted octanol–water partition coefficient (Wildman–Crippen LogP) is -0.0304. The van der Waals surface area contributed by atoms with E-state index >= 15 is 0 Å². The molecular formula is C12H24N2O3. The Morgan fingerprint density at radius 2 is 2.35 bits per heavy atom. The highest BCUT2D eigenvalue weighted by Gasteiger charge is 2.35. The van der Waals surface area contributed by atoms with Crippen molar-refractivity contribution in [1.29, 1.82) is 0 Å². The van der Waals surface area contributed by atoms with Crippen LogP contribution in [-0.2, 0) is 9.53 Å². The quantitative estimate of drug-likeness (QED) is 0.679. The second-order valence-electron chi connectivity index (χ2n) is 5.26. The Morgan fingerprint density at radius 1 is 1.71 bits per heavy atom. The van der Waals surface area contributed by atoms with Crippen molar-refractivity contribution in [1.82, 2.24) is 4.90 Å². The number of rotatable bonds is 4. The molecule has 1 heterocycles. The van der Waals surface area contributed by atoms with Gasteiger partial charge in [0.1, 0.15) is 0 Å². The van der Waals surface area contributed by atoms with Crippen LogP contribution in [0.3, 0.4) is 0 Å². The van der Waals surface area contributed by atoms with Gasteiger partial charge in [0, 0.05) is 19.1 Å². The minimum absolute atomic E-state index is 0.154. The Hall–Kier alpha value is -0.650. The minimum atomic E-state index is -1.44. The van der Waals surface area contributed by atoms with Gasteiger partial charge in [-0.2, -0.15) is 0 Å². The molecule has 0 saturated carbocycles. The van der Waals surface area contributed by atoms with Crippen LogP contribution in [0.5, 0.6) is 0 Å². The van der Waals surface area contributed by atoms with Gasteiger partial charge in [0.05, 0.1) is 7.11 Å². The summed E-state index contributed by atoms with van der Waals surface area (Å²) in [7, 11) is 1.29. The summed E-state index contributed by atoms with van der Waals surface area (Å²) >= 11 is 0. The standard InChI is InChI=1S/C12H24N2O3/c1-9(13)10-5-4-6-14(7-10)8-12(2,16)11(15)17-3/h9-10,16H,4-8,13H2,1-3H3. The molecule has 0 spiro atoms. The summed E-state index contributed by atoms with van der Waals surface area (Å²) in [5.41, 5.74) is 4.46. The van der Waals surface area contributed by atoms with Crippen LogP contribution in [0.4, 0.5) is 0 Å². The lowest BCUT2D eigenvalue weighted by Crippen LogP contribution is -2.51. The van der Waals surface area contributed by atoms with Crippen LogP contribution in [-0.4, -0.2) is 54.4 Å². The van der Waals surface area contributed by atoms with Crippen molar-refractivity contribution >= 4 is 5.97 Å². The fourth-order valence-corrected chi connectivity index (χ4v) is 2.38. The second-order valence-corrected chi connectivity index (χ2v) is 5.26. The average molecular weight is 244 g/mol. The predicted molar refractivity (Wildman–Crippen MR) is 65.5 cm³/mol. The molecule has 3 N–H and O–H groups in total. The number of methoxy groups -OCH3 is 1. The molecule has 0 aromatic carbocycles. The van der Waals surface area contributed by atoms with Crippen LogP contribution in [0.25, 0.3) is 0 Å². The number of ether oxygens (including phenoxy) is 1. The first-order chi connectivity index (χ1) is 7.86. The molecule has 1 saturated heterocycles. The number of piperidine rings is 1. The van der Waals surface area contributed by atoms with Gasteiger partial charge in [0.25, 0.3) is 0 Å². The molecule has 3 unspecified atom stereocenters. The van der Waals surface area contributed by atoms with E-state index < -0.39 is 11.6 Å². The van der Waals surface area contributed by atoms with Crippen molar-refractivity contribution in [3.63, 3.8) is 0 Å². The zero-order valence-corrected chi connectivity index (χ0v) is 11.0. The maximum Gasteiger partial charge on any atom is 0.338 e. The lowest BCUT2D eigenvalue weighted by Gasteiger charge is -2.37. The lowest BCUT2D eigenvalue weighted by molar-refractivity contribution is -0.162. The number of nitrogens with two attached hydrogens (primary N) is 1. The molecule has 0 radical (unpaired) electrons. The van der Waals surface area contributed by atoms with E-state index in [-0.39, 0.29) is 6.04 Å². The van der Waals surface area contributed by atoms with Gasteiger partial charge in [-0.3, -0.25) is 4.90 Å². The molecule has 17 heavy (non-hydrogen) atoms. The van der Waals surface area contributed by atoms with Gasteiger partial charge in [-0.15, -0.1) is 0 Å². The van der Waals surface area contributed by atoms with Crippen LogP contribution in [0.2, 0.25) is 0 Å². The molecule has 3 atom stereocenters. The molecule has 0 bridgehead atoms. The van der Waals surface area contributed by atoms with Crippen LogP contribution in [0.15, 0.2) is 0 Å². The van der Waals surface area contributed by atoms with E-state index in [1.165, 1.54) is 14.0 Å². The molecule has 5 nitrogen and oxygen atoms in total. The number of nitrogens with zero attached hydrogens (tertiary/aromatic N) is 1. The van der Waals surface area contributed by atoms with Crippen molar-refractivity contribution in [3.05, 3.63) is 0 Å². The van der Waals surface area contributed by atoms with Crippen molar-refractivity contribution in [2.45, 2.75) is 38.3 Å². The second kappa shape index (κ2) is 5.80. The number of hydrogen-bond donors (Lipinski definition) is 2. The largest absolute Gasteiger partial charge is 0.467 e. The van der Waals surface area contributed by atoms with Crippen LogP contribution in [0.1, 0.15) is 26.7 Å². The van der Waals surface area contributed by atoms with Gasteiger partial charge in [-0.05, 0) is 39.2 Å². The molecule has 1 aliphatic rings. The normalized spacial score (nSPS) is 27.2. The number of carbonyl (C=O) groups excluding carboxylic acids is 1. The average Bonchev–Trinajstić information content (AvgIpc) is 2.27. The number of β-amino-alcohol motifs (C(OH)–C–C–N with tert-alkyl or cyclic N) is 1. The molecule has 1 fully saturated rings. The monoisotopic (exact) mass is 244 g/mol. The van der Waals surface area contributed by atoms with Gasteiger partial charge in [0.2, 0.25) is 0 Å². The zero-order valence-electron chi connectivity index (χ0n) is 11.0. The highest BCUT2D eigenvalue weighted by molar-refractivity contribution is 5.78. The molecule has 0 aromatic heterocycles. The van der Waals surface area contributed by atoms with Gasteiger partial charge in [-0.25, -0.2) is 4.79 Å². The number of aliphatic hydroxyl groups is 1. The summed E-state index contributed by atoms with van der Waals surface area (Å²) in [6.07, 6.45) is 2.18. The Bertz CT molecular complexity index is 266. The summed E-state index contributed by atoms with van der Waals surface area (Å²) in [6, 6.07) is 0.154. The maximum absolute atomic E-state index is 11.4. The first-order valence-electron chi connectivity index (χ1n) is 6.15. The molecule has 1 aliphatic heterocycles. The van der Waals surface area contributed by atoms with Crippen LogP contribution >= 0.6 is 0 Å². The summed E-state index contributed by atoms with van der Waals surface area (Å²) in [5.74, 6) is -0.141. The number of esters is 1. The molecule has 0 aliphatic carbocycles. The first kappa shape index (κ1) is 14.4. The summed E-state index contributed by atoms with van der Waals surface area (Å²) in [6.45, 7) is 5.55. The van der Waals surface area contributed by atoms with Crippen molar-refractivity contribution in [2.24, 2.45) is 11.7 Å². The third kappa shape index (κ3) is 3.94. The summed E-state index contributed by atoms with van der Waals surface area (Å²) in [5, 5.41) is 10.0. The summed E-state index contributed by atoms with van der Waals surface area (Å²) < 4.78 is 4.59. The highest BCUT2D eigenvalue weighted by Crippen LogP contribution is 2.20. The third-order valence-corrected chi connectivity index (χ3v) is 3.44. The topological polar surface area (TPSA) is 75.8 Å². The zero-order chi connectivity index (χ0) is 13.1. The van der Waals surface area contributed by atoms with E-state index in [2.05, 4.69) is 9.64 Å². The SMILES string of the molecule is COC(=O)C(C)(O)CN1CCCC(C(C)N)C1. The van der Waals surface area contributed by atoms with Crippen LogP contribution < -0.4 is 5.73 Å². The number of carbonyl (C=O) groups is 1. The van der Waals surface area contributed by atoms with Crippen molar-refractivity contribution < 1.29 is 14.6 Å². The van der Waals surface area contributed by atoms with E-state index in [1.54, 1.807) is 0 Å². The number of likely N-dealkylation sites (tertiary alicyclic amines) is 1. The highest BCUT2D eigenvalue weighted by atomic mass is 16.5. The molecule has 1 rings (SSSR count). The fourth-order valence-electron chi connectivity index (χ4n) is 2.38. The first-order valence-corrected chi connectivity index (χ1v) is 6.15.